The molecule has 0 saturated carbocycles. The number of hydrogen-bond donors (Lipinski definition) is 0. The molecular formula is C13H19NO. The van der Waals surface area contributed by atoms with E-state index in [-0.39, 0.29) is 0 Å². The van der Waals surface area contributed by atoms with Gasteiger partial charge in [0, 0.05) is 12.7 Å². The first kappa shape index (κ1) is 13.3. The molecule has 0 N–H and O–H groups in total. The van der Waals surface area contributed by atoms with Gasteiger partial charge in [-0.05, 0) is 12.2 Å². The Morgan fingerprint density at radius 3 is 2.53 bits per heavy atom. The van der Waals surface area contributed by atoms with Crippen molar-refractivity contribution in [1.29, 1.82) is 0 Å². The maximum Gasteiger partial charge on any atom is 0.111 e. The quantitative estimate of drug-likeness (QED) is 0.446. The minimum atomic E-state index is 0.572. The molecule has 0 heterocycles. The van der Waals surface area contributed by atoms with Gasteiger partial charge in [-0.1, -0.05) is 38.5 Å². The van der Waals surface area contributed by atoms with Crippen LogP contribution in [0.1, 0.15) is 0 Å². The molecule has 0 aromatic rings. The van der Waals surface area contributed by atoms with E-state index in [9.17, 15) is 0 Å². The third-order valence-electron chi connectivity index (χ3n) is 1.86. The predicted molar refractivity (Wildman–Crippen MR) is 66.4 cm³/mol. The van der Waals surface area contributed by atoms with E-state index < -0.39 is 0 Å². The average molecular weight is 205 g/mol. The third kappa shape index (κ3) is 6.38. The Balaban J connectivity index is 3.82. The summed E-state index contributed by atoms with van der Waals surface area (Å²) in [6, 6.07) is 0. The number of ether oxygens (including phenoxy) is 1. The van der Waals surface area contributed by atoms with Gasteiger partial charge in [0.2, 0.25) is 0 Å². The lowest BCUT2D eigenvalue weighted by atomic mass is 10.3. The van der Waals surface area contributed by atoms with Gasteiger partial charge in [-0.15, -0.1) is 0 Å². The zero-order valence-corrected chi connectivity index (χ0v) is 9.41. The normalized spacial score (nSPS) is 9.67. The molecule has 0 radical (unpaired) electrons. The first-order valence-electron chi connectivity index (χ1n) is 4.75. The van der Waals surface area contributed by atoms with Crippen molar-refractivity contribution in [2.24, 2.45) is 0 Å². The van der Waals surface area contributed by atoms with Gasteiger partial charge in [0.25, 0.3) is 0 Å². The lowest BCUT2D eigenvalue weighted by Crippen LogP contribution is -2.21. The van der Waals surface area contributed by atoms with Crippen LogP contribution in [0, 0.1) is 0 Å². The Kier molecular flexibility index (Phi) is 6.81. The van der Waals surface area contributed by atoms with Crippen molar-refractivity contribution in [2.45, 2.75) is 0 Å². The lowest BCUT2D eigenvalue weighted by molar-refractivity contribution is 0.198. The summed E-state index contributed by atoms with van der Waals surface area (Å²) in [5.41, 5.74) is 0.919. The molecule has 0 saturated heterocycles. The highest BCUT2D eigenvalue weighted by Gasteiger charge is 1.98. The van der Waals surface area contributed by atoms with Crippen LogP contribution in [0.5, 0.6) is 0 Å². The van der Waals surface area contributed by atoms with Gasteiger partial charge < -0.3 is 9.64 Å². The zero-order valence-electron chi connectivity index (χ0n) is 9.41. The van der Waals surface area contributed by atoms with Crippen LogP contribution in [0.2, 0.25) is 0 Å². The Labute approximate surface area is 92.5 Å². The second-order valence-electron chi connectivity index (χ2n) is 3.03. The van der Waals surface area contributed by atoms with Crippen molar-refractivity contribution in [3.05, 3.63) is 62.1 Å². The van der Waals surface area contributed by atoms with Gasteiger partial charge in [-0.2, -0.15) is 0 Å². The van der Waals surface area contributed by atoms with Crippen molar-refractivity contribution in [3.8, 4) is 0 Å². The summed E-state index contributed by atoms with van der Waals surface area (Å²) >= 11 is 0. The van der Waals surface area contributed by atoms with Gasteiger partial charge in [-0.3, -0.25) is 0 Å². The molecular weight excluding hydrogens is 186 g/mol. The maximum atomic E-state index is 5.28. The van der Waals surface area contributed by atoms with E-state index in [4.69, 9.17) is 4.74 Å². The summed E-state index contributed by atoms with van der Waals surface area (Å²) in [4.78, 5) is 2.00. The summed E-state index contributed by atoms with van der Waals surface area (Å²) < 4.78 is 5.28. The molecule has 0 aromatic heterocycles. The predicted octanol–water partition coefficient (Wildman–Crippen LogP) is 2.89. The minimum Gasteiger partial charge on any atom is -0.492 e. The summed E-state index contributed by atoms with van der Waals surface area (Å²) in [5, 5.41) is 0. The van der Waals surface area contributed by atoms with Crippen molar-refractivity contribution in [2.75, 3.05) is 20.2 Å². The first-order chi connectivity index (χ1) is 7.11. The molecule has 2 nitrogen and oxygen atoms in total. The summed E-state index contributed by atoms with van der Waals surface area (Å²) in [6.45, 7) is 16.0. The van der Waals surface area contributed by atoms with Gasteiger partial charge >= 0.3 is 0 Å². The third-order valence-corrected chi connectivity index (χ3v) is 1.86. The van der Waals surface area contributed by atoms with Crippen molar-refractivity contribution in [3.63, 3.8) is 0 Å². The Hall–Kier alpha value is -1.70. The van der Waals surface area contributed by atoms with E-state index >= 15 is 0 Å². The molecule has 0 aliphatic heterocycles. The number of rotatable bonds is 8. The van der Waals surface area contributed by atoms with Gasteiger partial charge in [0.1, 0.15) is 12.4 Å². The lowest BCUT2D eigenvalue weighted by Gasteiger charge is -2.19. The fourth-order valence-electron chi connectivity index (χ4n) is 0.823. The molecule has 0 spiro atoms. The number of allylic oxidation sites excluding steroid dienone is 4. The van der Waals surface area contributed by atoms with Crippen molar-refractivity contribution >= 4 is 0 Å². The summed E-state index contributed by atoms with van der Waals surface area (Å²) in [6.07, 6.45) is 7.05. The minimum absolute atomic E-state index is 0.572. The maximum absolute atomic E-state index is 5.28. The number of hydrogen-bond acceptors (Lipinski definition) is 2. The highest BCUT2D eigenvalue weighted by molar-refractivity contribution is 5.16. The van der Waals surface area contributed by atoms with Crippen LogP contribution in [-0.2, 0) is 4.74 Å². The Morgan fingerprint density at radius 1 is 1.33 bits per heavy atom. The fourth-order valence-corrected chi connectivity index (χ4v) is 0.823. The van der Waals surface area contributed by atoms with Crippen LogP contribution in [-0.4, -0.2) is 25.1 Å². The van der Waals surface area contributed by atoms with Crippen LogP contribution in [0.4, 0.5) is 0 Å². The van der Waals surface area contributed by atoms with E-state index in [2.05, 4.69) is 26.3 Å². The van der Waals surface area contributed by atoms with Crippen molar-refractivity contribution in [1.82, 2.24) is 4.90 Å². The standard InChI is InChI=1S/C13H19NO/c1-6-8-9-12(3)14(5)10-11-15-13(4)7-2/h6-9H,1-4,10-11H2,5H3/b9-8-. The second kappa shape index (κ2) is 7.68. The van der Waals surface area contributed by atoms with Gasteiger partial charge in [0.15, 0.2) is 0 Å². The van der Waals surface area contributed by atoms with E-state index in [0.29, 0.717) is 12.4 Å². The molecule has 0 aromatic carbocycles. The smallest absolute Gasteiger partial charge is 0.111 e. The fraction of sp³-hybridized carbons (Fsp3) is 0.231. The monoisotopic (exact) mass is 205 g/mol. The number of likely N-dealkylation sites (N-methyl/N-ethyl adjacent to an activating group) is 1. The Bertz CT molecular complexity index is 276. The van der Waals surface area contributed by atoms with E-state index in [0.717, 1.165) is 12.2 Å². The van der Waals surface area contributed by atoms with Crippen LogP contribution in [0.25, 0.3) is 0 Å². The molecule has 15 heavy (non-hydrogen) atoms. The summed E-state index contributed by atoms with van der Waals surface area (Å²) in [5.74, 6) is 0.593. The Morgan fingerprint density at radius 2 is 2.00 bits per heavy atom. The molecule has 0 atom stereocenters. The SMILES string of the molecule is C=C/C=C\C(=C)N(C)CCOC(=C)C=C. The molecule has 2 heteroatoms. The molecule has 0 unspecified atom stereocenters. The zero-order chi connectivity index (χ0) is 11.7. The molecule has 0 bridgehead atoms. The van der Waals surface area contributed by atoms with E-state index in [1.807, 2.05) is 24.1 Å². The molecule has 0 amide bonds. The summed E-state index contributed by atoms with van der Waals surface area (Å²) in [7, 11) is 1.95. The number of nitrogens with zero attached hydrogens (tertiary/aromatic N) is 1. The van der Waals surface area contributed by atoms with Crippen LogP contribution in [0.3, 0.4) is 0 Å². The first-order valence-corrected chi connectivity index (χ1v) is 4.75. The average Bonchev–Trinajstić information content (AvgIpc) is 2.25. The molecule has 0 rings (SSSR count). The molecule has 82 valence electrons. The van der Waals surface area contributed by atoms with Crippen LogP contribution in [0.15, 0.2) is 62.1 Å². The second-order valence-corrected chi connectivity index (χ2v) is 3.03. The molecule has 0 aliphatic rings. The molecule has 0 aliphatic carbocycles. The highest BCUT2D eigenvalue weighted by Crippen LogP contribution is 2.01. The highest BCUT2D eigenvalue weighted by atomic mass is 16.5. The topological polar surface area (TPSA) is 12.5 Å². The van der Waals surface area contributed by atoms with Gasteiger partial charge in [0.05, 0.1) is 6.54 Å². The largest absolute Gasteiger partial charge is 0.492 e. The van der Waals surface area contributed by atoms with E-state index in [1.165, 1.54) is 0 Å². The van der Waals surface area contributed by atoms with Crippen LogP contribution < -0.4 is 0 Å². The van der Waals surface area contributed by atoms with Crippen molar-refractivity contribution < 1.29 is 4.74 Å². The van der Waals surface area contributed by atoms with Crippen LogP contribution >= 0.6 is 0 Å². The van der Waals surface area contributed by atoms with E-state index in [1.54, 1.807) is 12.2 Å². The van der Waals surface area contributed by atoms with Gasteiger partial charge in [-0.25, -0.2) is 0 Å². The molecule has 0 fully saturated rings.